The summed E-state index contributed by atoms with van der Waals surface area (Å²) in [6.07, 6.45) is 0.476. The minimum Gasteiger partial charge on any atom is -0.504 e. The molecule has 0 saturated heterocycles. The summed E-state index contributed by atoms with van der Waals surface area (Å²) in [5.41, 5.74) is 5.70. The molecule has 104 valence electrons. The molecule has 7 nitrogen and oxygen atoms in total. The fraction of sp³-hybridized carbons (Fsp3) is 0.333. The Balaban J connectivity index is 2.86. The number of carbonyl (C=O) groups excluding carboxylic acids is 1. The minimum atomic E-state index is -0.568. The van der Waals surface area contributed by atoms with Crippen LogP contribution in [0.4, 0.5) is 0 Å². The van der Waals surface area contributed by atoms with Crippen LogP contribution in [0.15, 0.2) is 23.4 Å². The van der Waals surface area contributed by atoms with Gasteiger partial charge in [-0.3, -0.25) is 4.79 Å². The summed E-state index contributed by atoms with van der Waals surface area (Å²) in [5, 5.41) is 23.6. The molecular weight excluding hydrogens is 250 g/mol. The second-order valence-corrected chi connectivity index (χ2v) is 3.85. The maximum absolute atomic E-state index is 11.9. The van der Waals surface area contributed by atoms with Gasteiger partial charge in [-0.2, -0.15) is 0 Å². The van der Waals surface area contributed by atoms with Crippen molar-refractivity contribution in [2.24, 2.45) is 10.9 Å². The van der Waals surface area contributed by atoms with E-state index in [4.69, 9.17) is 15.7 Å². The molecule has 1 aromatic rings. The Bertz CT molecular complexity index is 488. The van der Waals surface area contributed by atoms with E-state index < -0.39 is 11.9 Å². The number of rotatable bonds is 5. The topological polar surface area (TPSA) is 117 Å². The maximum Gasteiger partial charge on any atom is 0.252 e. The molecule has 0 aliphatic heterocycles. The minimum absolute atomic E-state index is 0.0754. The molecule has 0 fully saturated rings. The van der Waals surface area contributed by atoms with E-state index >= 15 is 0 Å². The van der Waals surface area contributed by atoms with Crippen LogP contribution in [0.25, 0.3) is 0 Å². The second kappa shape index (κ2) is 6.48. The van der Waals surface area contributed by atoms with E-state index in [1.165, 1.54) is 25.3 Å². The smallest absolute Gasteiger partial charge is 0.252 e. The Morgan fingerprint density at radius 1 is 1.58 bits per heavy atom. The van der Waals surface area contributed by atoms with Crippen molar-refractivity contribution >= 4 is 11.7 Å². The van der Waals surface area contributed by atoms with E-state index in [1.54, 1.807) is 6.92 Å². The van der Waals surface area contributed by atoms with Crippen molar-refractivity contribution in [2.45, 2.75) is 19.4 Å². The van der Waals surface area contributed by atoms with Gasteiger partial charge in [0, 0.05) is 5.56 Å². The number of methoxy groups -OCH3 is 1. The lowest BCUT2D eigenvalue weighted by atomic mass is 10.1. The standard InChI is InChI=1S/C12H17N3O4/c1-3-8(11(13)15-18)14-12(17)7-4-5-10(19-2)9(16)6-7/h4-6,8,16,18H,3H2,1-2H3,(H2,13,15)(H,14,17). The zero-order chi connectivity index (χ0) is 14.4. The summed E-state index contributed by atoms with van der Waals surface area (Å²) in [5.74, 6) is -0.364. The number of amidine groups is 1. The fourth-order valence-electron chi connectivity index (χ4n) is 1.53. The van der Waals surface area contributed by atoms with Crippen molar-refractivity contribution in [3.8, 4) is 11.5 Å². The van der Waals surface area contributed by atoms with Gasteiger partial charge in [0.25, 0.3) is 5.91 Å². The summed E-state index contributed by atoms with van der Waals surface area (Å²) in [7, 11) is 1.42. The molecule has 0 saturated carbocycles. The van der Waals surface area contributed by atoms with Gasteiger partial charge in [0.15, 0.2) is 17.3 Å². The third-order valence-electron chi connectivity index (χ3n) is 2.63. The summed E-state index contributed by atoms with van der Waals surface area (Å²) in [6.45, 7) is 1.79. The first-order valence-corrected chi connectivity index (χ1v) is 5.68. The van der Waals surface area contributed by atoms with Gasteiger partial charge in [0.1, 0.15) is 0 Å². The number of nitrogens with zero attached hydrogens (tertiary/aromatic N) is 1. The van der Waals surface area contributed by atoms with Gasteiger partial charge in [-0.15, -0.1) is 0 Å². The summed E-state index contributed by atoms with van der Waals surface area (Å²) in [4.78, 5) is 11.9. The average Bonchev–Trinajstić information content (AvgIpc) is 2.43. The summed E-state index contributed by atoms with van der Waals surface area (Å²) < 4.78 is 4.88. The van der Waals surface area contributed by atoms with E-state index in [2.05, 4.69) is 10.5 Å². The van der Waals surface area contributed by atoms with E-state index in [0.29, 0.717) is 6.42 Å². The lowest BCUT2D eigenvalue weighted by molar-refractivity contribution is 0.0945. The molecule has 0 heterocycles. The first kappa shape index (κ1) is 14.6. The Morgan fingerprint density at radius 3 is 2.74 bits per heavy atom. The van der Waals surface area contributed by atoms with Gasteiger partial charge in [-0.05, 0) is 24.6 Å². The number of amides is 1. The zero-order valence-electron chi connectivity index (χ0n) is 10.8. The van der Waals surface area contributed by atoms with Crippen LogP contribution >= 0.6 is 0 Å². The van der Waals surface area contributed by atoms with Crippen molar-refractivity contribution in [2.75, 3.05) is 7.11 Å². The van der Waals surface area contributed by atoms with E-state index in [0.717, 1.165) is 0 Å². The van der Waals surface area contributed by atoms with E-state index in [9.17, 15) is 9.90 Å². The number of phenolic OH excluding ortho intramolecular Hbond substituents is 1. The number of oxime groups is 1. The Labute approximate surface area is 110 Å². The Kier molecular flexibility index (Phi) is 4.99. The molecule has 0 radical (unpaired) electrons. The van der Waals surface area contributed by atoms with Gasteiger partial charge in [-0.1, -0.05) is 12.1 Å². The van der Waals surface area contributed by atoms with Crippen molar-refractivity contribution in [3.63, 3.8) is 0 Å². The van der Waals surface area contributed by atoms with Crippen molar-refractivity contribution < 1.29 is 19.8 Å². The van der Waals surface area contributed by atoms with Gasteiger partial charge >= 0.3 is 0 Å². The number of ether oxygens (including phenoxy) is 1. The van der Waals surface area contributed by atoms with Gasteiger partial charge in [-0.25, -0.2) is 0 Å². The molecule has 1 aromatic carbocycles. The van der Waals surface area contributed by atoms with Gasteiger partial charge in [0.2, 0.25) is 0 Å². The van der Waals surface area contributed by atoms with Crippen molar-refractivity contribution in [1.29, 1.82) is 0 Å². The number of phenols is 1. The Hall–Kier alpha value is -2.44. The highest BCUT2D eigenvalue weighted by Crippen LogP contribution is 2.26. The SMILES string of the molecule is CCC(NC(=O)c1ccc(OC)c(O)c1)C(N)=NO. The van der Waals surface area contributed by atoms with Crippen LogP contribution in [0.1, 0.15) is 23.7 Å². The first-order chi connectivity index (χ1) is 9.03. The van der Waals surface area contributed by atoms with Crippen LogP contribution in [0, 0.1) is 0 Å². The van der Waals surface area contributed by atoms with Crippen LogP contribution in [0.3, 0.4) is 0 Å². The van der Waals surface area contributed by atoms with Crippen LogP contribution < -0.4 is 15.8 Å². The largest absolute Gasteiger partial charge is 0.504 e. The predicted molar refractivity (Wildman–Crippen MR) is 69.6 cm³/mol. The first-order valence-electron chi connectivity index (χ1n) is 5.68. The Morgan fingerprint density at radius 2 is 2.26 bits per heavy atom. The number of aromatic hydroxyl groups is 1. The normalized spacial score (nSPS) is 12.8. The number of hydrogen-bond acceptors (Lipinski definition) is 5. The average molecular weight is 267 g/mol. The van der Waals surface area contributed by atoms with Crippen LogP contribution in [-0.4, -0.2) is 35.2 Å². The van der Waals surface area contributed by atoms with Crippen molar-refractivity contribution in [3.05, 3.63) is 23.8 Å². The number of nitrogens with two attached hydrogens (primary N) is 1. The third kappa shape index (κ3) is 3.51. The lowest BCUT2D eigenvalue weighted by Gasteiger charge is -2.15. The van der Waals surface area contributed by atoms with Crippen LogP contribution in [0.5, 0.6) is 11.5 Å². The highest BCUT2D eigenvalue weighted by Gasteiger charge is 2.17. The predicted octanol–water partition coefficient (Wildman–Crippen LogP) is 0.656. The van der Waals surface area contributed by atoms with Crippen molar-refractivity contribution in [1.82, 2.24) is 5.32 Å². The molecule has 19 heavy (non-hydrogen) atoms. The highest BCUT2D eigenvalue weighted by molar-refractivity contribution is 5.98. The molecule has 1 amide bonds. The second-order valence-electron chi connectivity index (χ2n) is 3.85. The lowest BCUT2D eigenvalue weighted by Crippen LogP contribution is -2.44. The van der Waals surface area contributed by atoms with Crippen LogP contribution in [-0.2, 0) is 0 Å². The molecule has 0 aliphatic rings. The molecule has 0 aromatic heterocycles. The quantitative estimate of drug-likeness (QED) is 0.270. The molecule has 7 heteroatoms. The molecule has 1 atom stereocenters. The van der Waals surface area contributed by atoms with Gasteiger partial charge < -0.3 is 26.1 Å². The number of carbonyl (C=O) groups is 1. The number of benzene rings is 1. The number of hydrogen-bond donors (Lipinski definition) is 4. The summed E-state index contributed by atoms with van der Waals surface area (Å²) in [6, 6.07) is 3.70. The molecule has 0 spiro atoms. The molecule has 1 rings (SSSR count). The third-order valence-corrected chi connectivity index (χ3v) is 2.63. The molecule has 1 unspecified atom stereocenters. The molecular formula is C12H17N3O4. The molecule has 5 N–H and O–H groups in total. The van der Waals surface area contributed by atoms with Gasteiger partial charge in [0.05, 0.1) is 13.2 Å². The fourth-order valence-corrected chi connectivity index (χ4v) is 1.53. The highest BCUT2D eigenvalue weighted by atomic mass is 16.5. The maximum atomic E-state index is 11.9. The van der Waals surface area contributed by atoms with E-state index in [-0.39, 0.29) is 22.9 Å². The zero-order valence-corrected chi connectivity index (χ0v) is 10.8. The van der Waals surface area contributed by atoms with Crippen LogP contribution in [0.2, 0.25) is 0 Å². The molecule has 0 bridgehead atoms. The molecule has 0 aliphatic carbocycles. The summed E-state index contributed by atoms with van der Waals surface area (Å²) >= 11 is 0. The number of nitrogens with one attached hydrogen (secondary N) is 1. The monoisotopic (exact) mass is 267 g/mol. The van der Waals surface area contributed by atoms with E-state index in [1.807, 2.05) is 0 Å².